The molecule has 0 rings (SSSR count). The minimum atomic E-state index is -0.678. The molecule has 0 radical (unpaired) electrons. The molecule has 6 nitrogen and oxygen atoms in total. The molecule has 3 N–H and O–H groups in total. The molecule has 0 saturated carbocycles. The third-order valence-corrected chi connectivity index (χ3v) is 11.0. The number of nitrogens with one attached hydrogen (secondary N) is 1. The number of hydrogen-bond donors (Lipinski definition) is 3. The zero-order chi connectivity index (χ0) is 40.1. The van der Waals surface area contributed by atoms with E-state index in [1.165, 1.54) is 141 Å². The summed E-state index contributed by atoms with van der Waals surface area (Å²) < 4.78 is 5.44. The van der Waals surface area contributed by atoms with Gasteiger partial charge in [0.1, 0.15) is 0 Å². The van der Waals surface area contributed by atoms with E-state index in [9.17, 15) is 19.8 Å². The Morgan fingerprint density at radius 2 is 0.855 bits per heavy atom. The van der Waals surface area contributed by atoms with E-state index in [1.54, 1.807) is 0 Å². The molecule has 0 saturated heterocycles. The van der Waals surface area contributed by atoms with E-state index >= 15 is 0 Å². The summed E-state index contributed by atoms with van der Waals surface area (Å²) in [5, 5.41) is 23.0. The Bertz CT molecular complexity index is 858. The fourth-order valence-electron chi connectivity index (χ4n) is 7.21. The highest BCUT2D eigenvalue weighted by molar-refractivity contribution is 5.76. The van der Waals surface area contributed by atoms with Gasteiger partial charge in [-0.25, -0.2) is 0 Å². The largest absolute Gasteiger partial charge is 0.466 e. The number of allylic oxidation sites excluding steroid dienone is 4. The summed E-state index contributed by atoms with van der Waals surface area (Å²) in [6.45, 7) is 4.86. The van der Waals surface area contributed by atoms with Gasteiger partial charge >= 0.3 is 5.97 Å². The average molecular weight is 776 g/mol. The van der Waals surface area contributed by atoms with E-state index < -0.39 is 12.1 Å². The Hall–Kier alpha value is -1.66. The van der Waals surface area contributed by atoms with Crippen molar-refractivity contribution >= 4 is 11.9 Å². The number of amides is 1. The quantitative estimate of drug-likeness (QED) is 0.0325. The highest BCUT2D eigenvalue weighted by Crippen LogP contribution is 2.15. The van der Waals surface area contributed by atoms with Crippen LogP contribution in [-0.4, -0.2) is 47.4 Å². The summed E-state index contributed by atoms with van der Waals surface area (Å²) in [5.41, 5.74) is 0. The van der Waals surface area contributed by atoms with Crippen LogP contribution in [-0.2, 0) is 14.3 Å². The van der Waals surface area contributed by atoms with Crippen molar-refractivity contribution in [2.45, 2.75) is 264 Å². The molecule has 0 spiro atoms. The van der Waals surface area contributed by atoms with Gasteiger partial charge in [-0.15, -0.1) is 0 Å². The van der Waals surface area contributed by atoms with Gasteiger partial charge in [-0.3, -0.25) is 9.59 Å². The second-order valence-corrected chi connectivity index (χ2v) is 16.4. The third kappa shape index (κ3) is 41.8. The number of esters is 1. The lowest BCUT2D eigenvalue weighted by molar-refractivity contribution is -0.143. The van der Waals surface area contributed by atoms with Gasteiger partial charge in [-0.1, -0.05) is 179 Å². The molecule has 2 unspecified atom stereocenters. The molecule has 55 heavy (non-hydrogen) atoms. The van der Waals surface area contributed by atoms with Crippen molar-refractivity contribution in [3.05, 3.63) is 24.3 Å². The normalized spacial score (nSPS) is 12.9. The number of carbonyl (C=O) groups is 2. The lowest BCUT2D eigenvalue weighted by Crippen LogP contribution is -2.45. The maximum Gasteiger partial charge on any atom is 0.305 e. The van der Waals surface area contributed by atoms with Crippen LogP contribution in [0.15, 0.2) is 24.3 Å². The smallest absolute Gasteiger partial charge is 0.305 e. The molecule has 1 amide bonds. The molecule has 0 aliphatic rings. The maximum atomic E-state index is 12.4. The van der Waals surface area contributed by atoms with Crippen molar-refractivity contribution in [3.63, 3.8) is 0 Å². The number of aliphatic hydroxyl groups excluding tert-OH is 2. The monoisotopic (exact) mass is 776 g/mol. The van der Waals surface area contributed by atoms with E-state index in [2.05, 4.69) is 43.5 Å². The van der Waals surface area contributed by atoms with Gasteiger partial charge in [0.25, 0.3) is 0 Å². The Labute approximate surface area is 341 Å². The van der Waals surface area contributed by atoms with Gasteiger partial charge in [0, 0.05) is 12.8 Å². The summed E-state index contributed by atoms with van der Waals surface area (Å²) >= 11 is 0. The Morgan fingerprint density at radius 1 is 0.491 bits per heavy atom. The van der Waals surface area contributed by atoms with Crippen molar-refractivity contribution in [2.24, 2.45) is 0 Å². The van der Waals surface area contributed by atoms with Gasteiger partial charge in [0.05, 0.1) is 25.4 Å². The lowest BCUT2D eigenvalue weighted by atomic mass is 10.0. The van der Waals surface area contributed by atoms with Gasteiger partial charge in [0.15, 0.2) is 0 Å². The van der Waals surface area contributed by atoms with Crippen LogP contribution >= 0.6 is 0 Å². The molecule has 0 aromatic heterocycles. The SMILES string of the molecule is CCCCCCCC/C=C\CCCCCCCCCC(=O)OCCCCC/C=C\CCCCCCCC(=O)NC(CO)C(O)CCCCCCCCCCC. The number of carbonyl (C=O) groups excluding carboxylic acids is 2. The highest BCUT2D eigenvalue weighted by atomic mass is 16.5. The fourth-order valence-corrected chi connectivity index (χ4v) is 7.21. The summed E-state index contributed by atoms with van der Waals surface area (Å²) in [7, 11) is 0. The number of ether oxygens (including phenoxy) is 1. The van der Waals surface area contributed by atoms with E-state index in [4.69, 9.17) is 4.74 Å². The Kier molecular flexibility index (Phi) is 43.7. The summed E-state index contributed by atoms with van der Waals surface area (Å²) in [6.07, 6.45) is 51.5. The third-order valence-electron chi connectivity index (χ3n) is 11.0. The lowest BCUT2D eigenvalue weighted by Gasteiger charge is -2.22. The number of aliphatic hydroxyl groups is 2. The molecule has 0 aromatic rings. The first-order valence-corrected chi connectivity index (χ1v) is 24.1. The highest BCUT2D eigenvalue weighted by Gasteiger charge is 2.20. The molecule has 0 aliphatic heterocycles. The zero-order valence-corrected chi connectivity index (χ0v) is 36.7. The molecule has 0 aromatic carbocycles. The molecule has 0 heterocycles. The van der Waals surface area contributed by atoms with Crippen LogP contribution in [0.2, 0.25) is 0 Å². The predicted molar refractivity (Wildman–Crippen MR) is 236 cm³/mol. The minimum Gasteiger partial charge on any atom is -0.466 e. The summed E-state index contributed by atoms with van der Waals surface area (Å²) in [6, 6.07) is -0.558. The van der Waals surface area contributed by atoms with E-state index in [0.717, 1.165) is 77.0 Å². The second kappa shape index (κ2) is 45.0. The predicted octanol–water partition coefficient (Wildman–Crippen LogP) is 14.0. The van der Waals surface area contributed by atoms with Crippen LogP contribution in [0, 0.1) is 0 Å². The van der Waals surface area contributed by atoms with Gasteiger partial charge in [-0.2, -0.15) is 0 Å². The van der Waals surface area contributed by atoms with Gasteiger partial charge in [-0.05, 0) is 83.5 Å². The van der Waals surface area contributed by atoms with Crippen molar-refractivity contribution in [1.82, 2.24) is 5.32 Å². The maximum absolute atomic E-state index is 12.4. The van der Waals surface area contributed by atoms with Crippen LogP contribution in [0.25, 0.3) is 0 Å². The van der Waals surface area contributed by atoms with E-state index in [-0.39, 0.29) is 18.5 Å². The Morgan fingerprint density at radius 3 is 1.29 bits per heavy atom. The van der Waals surface area contributed by atoms with Crippen LogP contribution in [0.1, 0.15) is 251 Å². The second-order valence-electron chi connectivity index (χ2n) is 16.4. The van der Waals surface area contributed by atoms with Crippen molar-refractivity contribution in [2.75, 3.05) is 13.2 Å². The topological polar surface area (TPSA) is 95.9 Å². The van der Waals surface area contributed by atoms with E-state index in [0.29, 0.717) is 25.9 Å². The van der Waals surface area contributed by atoms with Crippen molar-refractivity contribution in [1.29, 1.82) is 0 Å². The summed E-state index contributed by atoms with van der Waals surface area (Å²) in [4.78, 5) is 24.4. The van der Waals surface area contributed by atoms with E-state index in [1.807, 2.05) is 0 Å². The van der Waals surface area contributed by atoms with Crippen LogP contribution < -0.4 is 5.32 Å². The first-order valence-electron chi connectivity index (χ1n) is 24.1. The first kappa shape index (κ1) is 53.3. The zero-order valence-electron chi connectivity index (χ0n) is 36.7. The van der Waals surface area contributed by atoms with Crippen LogP contribution in [0.4, 0.5) is 0 Å². The summed E-state index contributed by atoms with van der Waals surface area (Å²) in [5.74, 6) is -0.0912. The first-order chi connectivity index (χ1) is 27.0. The fraction of sp³-hybridized carbons (Fsp3) is 0.878. The Balaban J connectivity index is 3.48. The number of rotatable bonds is 44. The van der Waals surface area contributed by atoms with Crippen LogP contribution in [0.3, 0.4) is 0 Å². The minimum absolute atomic E-state index is 0.0269. The average Bonchev–Trinajstić information content (AvgIpc) is 3.18. The molecule has 0 aliphatic carbocycles. The molecule has 2 atom stereocenters. The van der Waals surface area contributed by atoms with Gasteiger partial charge in [0.2, 0.25) is 5.91 Å². The van der Waals surface area contributed by atoms with Gasteiger partial charge < -0.3 is 20.3 Å². The molecular formula is C49H93NO5. The molecule has 6 heteroatoms. The molecule has 0 bridgehead atoms. The number of hydrogen-bond acceptors (Lipinski definition) is 5. The van der Waals surface area contributed by atoms with Crippen molar-refractivity contribution in [3.8, 4) is 0 Å². The molecule has 0 fully saturated rings. The number of unbranched alkanes of at least 4 members (excludes halogenated alkanes) is 29. The van der Waals surface area contributed by atoms with Crippen molar-refractivity contribution < 1.29 is 24.5 Å². The molecule has 324 valence electrons. The van der Waals surface area contributed by atoms with Crippen LogP contribution in [0.5, 0.6) is 0 Å². The standard InChI is InChI=1S/C49H93NO5/c1-3-5-7-9-11-13-14-15-16-17-18-19-23-27-31-35-39-43-49(54)55-44-40-36-32-28-24-21-20-22-26-30-34-38-42-48(53)50-46(45-51)47(52)41-37-33-29-25-12-10-8-6-4-2/h15-16,21,24,46-47,51-52H,3-14,17-20,22-23,25-45H2,1-2H3,(H,50,53)/b16-15-,24-21-. The molecular weight excluding hydrogens is 683 g/mol.